The van der Waals surface area contributed by atoms with Crippen LogP contribution in [0.1, 0.15) is 18.7 Å². The highest BCUT2D eigenvalue weighted by Crippen LogP contribution is 2.23. The van der Waals surface area contributed by atoms with E-state index in [9.17, 15) is 4.79 Å². The summed E-state index contributed by atoms with van der Waals surface area (Å²) in [5.41, 5.74) is 0. The lowest BCUT2D eigenvalue weighted by Gasteiger charge is -2.32. The van der Waals surface area contributed by atoms with Crippen molar-refractivity contribution < 1.29 is 9.32 Å². The molecule has 2 aromatic rings. The van der Waals surface area contributed by atoms with Crippen LogP contribution in [0.4, 0.5) is 0 Å². The molecule has 0 N–H and O–H groups in total. The Hall–Kier alpha value is -1.73. The van der Waals surface area contributed by atoms with E-state index in [-0.39, 0.29) is 11.8 Å². The predicted octanol–water partition coefficient (Wildman–Crippen LogP) is 2.10. The molecule has 1 fully saturated rings. The van der Waals surface area contributed by atoms with Crippen LogP contribution >= 0.6 is 11.3 Å². The number of rotatable bonds is 4. The lowest BCUT2D eigenvalue weighted by atomic mass is 9.97. The van der Waals surface area contributed by atoms with Crippen LogP contribution in [0.25, 0.3) is 10.7 Å². The van der Waals surface area contributed by atoms with E-state index in [1.807, 2.05) is 31.6 Å². The van der Waals surface area contributed by atoms with Gasteiger partial charge in [0.05, 0.1) is 17.3 Å². The van der Waals surface area contributed by atoms with Gasteiger partial charge in [0.15, 0.2) is 0 Å². The quantitative estimate of drug-likeness (QED) is 0.863. The summed E-state index contributed by atoms with van der Waals surface area (Å²) in [6.45, 7) is 2.33. The van der Waals surface area contributed by atoms with E-state index < -0.39 is 0 Å². The summed E-state index contributed by atoms with van der Waals surface area (Å²) in [4.78, 5) is 21.5. The molecule has 0 saturated carbocycles. The highest BCUT2D eigenvalue weighted by molar-refractivity contribution is 7.13. The van der Waals surface area contributed by atoms with E-state index in [1.54, 1.807) is 16.2 Å². The number of thiophene rings is 1. The second-order valence-corrected chi connectivity index (χ2v) is 6.74. The maximum absolute atomic E-state index is 12.1. The fraction of sp³-hybridized carbons (Fsp3) is 0.533. The molecule has 1 unspecified atom stereocenters. The van der Waals surface area contributed by atoms with Crippen LogP contribution in [0.5, 0.6) is 0 Å². The Kier molecular flexibility index (Phi) is 4.54. The van der Waals surface area contributed by atoms with Crippen LogP contribution in [0.3, 0.4) is 0 Å². The fourth-order valence-electron chi connectivity index (χ4n) is 2.78. The van der Waals surface area contributed by atoms with E-state index in [0.29, 0.717) is 18.3 Å². The van der Waals surface area contributed by atoms with Crippen molar-refractivity contribution in [2.75, 3.05) is 27.2 Å². The van der Waals surface area contributed by atoms with Crippen molar-refractivity contribution in [3.8, 4) is 10.7 Å². The van der Waals surface area contributed by atoms with Crippen molar-refractivity contribution >= 4 is 17.2 Å². The smallest absolute Gasteiger partial charge is 0.241 e. The van der Waals surface area contributed by atoms with Gasteiger partial charge in [-0.05, 0) is 30.8 Å². The minimum Gasteiger partial charge on any atom is -0.349 e. The summed E-state index contributed by atoms with van der Waals surface area (Å²) >= 11 is 1.59. The van der Waals surface area contributed by atoms with E-state index in [2.05, 4.69) is 15.0 Å². The summed E-state index contributed by atoms with van der Waals surface area (Å²) in [5.74, 6) is 1.53. The number of nitrogens with zero attached hydrogens (tertiary/aromatic N) is 4. The SMILES string of the molecule is CN(C)C(=O)C1CCCN(Cc2nc(-c3cccs3)no2)C1. The maximum Gasteiger partial charge on any atom is 0.241 e. The van der Waals surface area contributed by atoms with Crippen molar-refractivity contribution in [1.82, 2.24) is 19.9 Å². The van der Waals surface area contributed by atoms with Gasteiger partial charge in [-0.1, -0.05) is 11.2 Å². The molecular formula is C15H20N4O2S. The van der Waals surface area contributed by atoms with E-state index in [0.717, 1.165) is 30.8 Å². The standard InChI is InChI=1S/C15H20N4O2S/c1-18(2)15(20)11-5-3-7-19(9-11)10-13-16-14(17-21-13)12-6-4-8-22-12/h4,6,8,11H,3,5,7,9-10H2,1-2H3. The van der Waals surface area contributed by atoms with Gasteiger partial charge in [-0.2, -0.15) is 4.98 Å². The summed E-state index contributed by atoms with van der Waals surface area (Å²) in [6, 6.07) is 3.95. The van der Waals surface area contributed by atoms with Gasteiger partial charge < -0.3 is 9.42 Å². The maximum atomic E-state index is 12.1. The Bertz CT molecular complexity index is 623. The largest absolute Gasteiger partial charge is 0.349 e. The molecule has 118 valence electrons. The molecule has 1 amide bonds. The molecule has 2 aromatic heterocycles. The third kappa shape index (κ3) is 3.36. The van der Waals surface area contributed by atoms with Gasteiger partial charge in [0, 0.05) is 20.6 Å². The Labute approximate surface area is 133 Å². The number of piperidine rings is 1. The normalized spacial score (nSPS) is 19.3. The Morgan fingerprint density at radius 1 is 1.55 bits per heavy atom. The number of carbonyl (C=O) groups is 1. The van der Waals surface area contributed by atoms with Crippen LogP contribution in [0.15, 0.2) is 22.0 Å². The van der Waals surface area contributed by atoms with Crippen molar-refractivity contribution in [2.45, 2.75) is 19.4 Å². The summed E-state index contributed by atoms with van der Waals surface area (Å²) < 4.78 is 5.34. The molecule has 6 nitrogen and oxygen atoms in total. The van der Waals surface area contributed by atoms with Crippen LogP contribution < -0.4 is 0 Å². The second kappa shape index (κ2) is 6.58. The summed E-state index contributed by atoms with van der Waals surface area (Å²) in [6.07, 6.45) is 1.98. The zero-order valence-corrected chi connectivity index (χ0v) is 13.7. The minimum atomic E-state index is 0.0726. The third-order valence-electron chi connectivity index (χ3n) is 3.86. The molecule has 0 aliphatic carbocycles. The van der Waals surface area contributed by atoms with Crippen LogP contribution in [0.2, 0.25) is 0 Å². The molecule has 1 aliphatic heterocycles. The Morgan fingerprint density at radius 2 is 2.41 bits per heavy atom. The molecule has 22 heavy (non-hydrogen) atoms. The minimum absolute atomic E-state index is 0.0726. The molecule has 1 atom stereocenters. The first-order valence-electron chi connectivity index (χ1n) is 7.43. The van der Waals surface area contributed by atoms with Crippen LogP contribution in [-0.2, 0) is 11.3 Å². The lowest BCUT2D eigenvalue weighted by molar-refractivity contribution is -0.134. The zero-order chi connectivity index (χ0) is 15.5. The fourth-order valence-corrected chi connectivity index (χ4v) is 3.43. The monoisotopic (exact) mass is 320 g/mol. The average molecular weight is 320 g/mol. The first-order chi connectivity index (χ1) is 10.6. The average Bonchev–Trinajstić information content (AvgIpc) is 3.17. The highest BCUT2D eigenvalue weighted by atomic mass is 32.1. The Morgan fingerprint density at radius 3 is 3.14 bits per heavy atom. The van der Waals surface area contributed by atoms with E-state index in [1.165, 1.54) is 0 Å². The summed E-state index contributed by atoms with van der Waals surface area (Å²) in [5, 5.41) is 6.02. The van der Waals surface area contributed by atoms with Gasteiger partial charge in [-0.15, -0.1) is 11.3 Å². The number of hydrogen-bond donors (Lipinski definition) is 0. The van der Waals surface area contributed by atoms with Crippen LogP contribution in [0, 0.1) is 5.92 Å². The molecule has 0 bridgehead atoms. The molecule has 0 spiro atoms. The van der Waals surface area contributed by atoms with E-state index >= 15 is 0 Å². The molecule has 0 aromatic carbocycles. The lowest BCUT2D eigenvalue weighted by Crippen LogP contribution is -2.42. The molecule has 3 heterocycles. The van der Waals surface area contributed by atoms with Crippen molar-refractivity contribution in [2.24, 2.45) is 5.92 Å². The summed E-state index contributed by atoms with van der Waals surface area (Å²) in [7, 11) is 3.62. The second-order valence-electron chi connectivity index (χ2n) is 5.80. The predicted molar refractivity (Wildman–Crippen MR) is 84.3 cm³/mol. The molecule has 7 heteroatoms. The van der Waals surface area contributed by atoms with Gasteiger partial charge in [-0.25, -0.2) is 0 Å². The first kappa shape index (κ1) is 15.2. The van der Waals surface area contributed by atoms with Gasteiger partial charge in [0.1, 0.15) is 0 Å². The molecule has 1 aliphatic rings. The van der Waals surface area contributed by atoms with Gasteiger partial charge in [-0.3, -0.25) is 9.69 Å². The van der Waals surface area contributed by atoms with Gasteiger partial charge in [0.2, 0.25) is 17.6 Å². The Balaban J connectivity index is 1.62. The third-order valence-corrected chi connectivity index (χ3v) is 4.73. The van der Waals surface area contributed by atoms with E-state index in [4.69, 9.17) is 4.52 Å². The molecule has 0 radical (unpaired) electrons. The number of likely N-dealkylation sites (tertiary alicyclic amines) is 1. The van der Waals surface area contributed by atoms with Crippen molar-refractivity contribution in [1.29, 1.82) is 0 Å². The number of amides is 1. The van der Waals surface area contributed by atoms with Crippen molar-refractivity contribution in [3.05, 3.63) is 23.4 Å². The first-order valence-corrected chi connectivity index (χ1v) is 8.31. The zero-order valence-electron chi connectivity index (χ0n) is 12.9. The van der Waals surface area contributed by atoms with Crippen molar-refractivity contribution in [3.63, 3.8) is 0 Å². The van der Waals surface area contributed by atoms with Gasteiger partial charge in [0.25, 0.3) is 0 Å². The molecule has 1 saturated heterocycles. The van der Waals surface area contributed by atoms with Crippen LogP contribution in [-0.4, -0.2) is 53.0 Å². The number of aromatic nitrogens is 2. The number of carbonyl (C=O) groups excluding carboxylic acids is 1. The topological polar surface area (TPSA) is 62.5 Å². The highest BCUT2D eigenvalue weighted by Gasteiger charge is 2.27. The van der Waals surface area contributed by atoms with Gasteiger partial charge >= 0.3 is 0 Å². The molecular weight excluding hydrogens is 300 g/mol. The molecule has 3 rings (SSSR count). The number of hydrogen-bond acceptors (Lipinski definition) is 6.